The van der Waals surface area contributed by atoms with E-state index in [-0.39, 0.29) is 22.0 Å². The Balaban J connectivity index is 1.83. The fourth-order valence-corrected chi connectivity index (χ4v) is 2.62. The summed E-state index contributed by atoms with van der Waals surface area (Å²) in [6, 6.07) is 15.5. The third-order valence-electron chi connectivity index (χ3n) is 3.95. The fraction of sp³-hybridized carbons (Fsp3) is 0.100. The van der Waals surface area contributed by atoms with Crippen LogP contribution in [0.1, 0.15) is 20.8 Å². The second kappa shape index (κ2) is 8.49. The number of ether oxygens (including phenoxy) is 1. The topological polar surface area (TPSA) is 84.4 Å². The number of halogens is 1. The zero-order valence-corrected chi connectivity index (χ0v) is 16.0. The quantitative estimate of drug-likeness (QED) is 0.657. The molecule has 0 aliphatic heterocycles. The molecule has 0 fully saturated rings. The molecule has 0 saturated carbocycles. The van der Waals surface area contributed by atoms with Crippen LogP contribution in [0.25, 0.3) is 0 Å². The molecule has 2 aromatic carbocycles. The monoisotopic (exact) mass is 396 g/mol. The summed E-state index contributed by atoms with van der Waals surface area (Å²) in [6.45, 7) is 0. The number of hydrogen-bond donors (Lipinski definition) is 1. The highest BCUT2D eigenvalue weighted by Crippen LogP contribution is 2.24. The van der Waals surface area contributed by atoms with E-state index >= 15 is 0 Å². The molecule has 0 radical (unpaired) electrons. The Morgan fingerprint density at radius 3 is 2.57 bits per heavy atom. The highest BCUT2D eigenvalue weighted by atomic mass is 35.5. The molecular formula is C20H17ClN4O3. The lowest BCUT2D eigenvalue weighted by Gasteiger charge is -2.17. The predicted octanol–water partition coefficient (Wildman–Crippen LogP) is 3.94. The predicted molar refractivity (Wildman–Crippen MR) is 107 cm³/mol. The number of carbonyl (C=O) groups excluding carboxylic acids is 2. The maximum absolute atomic E-state index is 12.6. The summed E-state index contributed by atoms with van der Waals surface area (Å²) in [5, 5.41) is 2.95. The summed E-state index contributed by atoms with van der Waals surface area (Å²) in [5.74, 6) is -0.636. The number of esters is 1. The average molecular weight is 397 g/mol. The fourth-order valence-electron chi connectivity index (χ4n) is 2.46. The number of rotatable bonds is 5. The molecule has 142 valence electrons. The third kappa shape index (κ3) is 4.27. The normalized spacial score (nSPS) is 10.2. The van der Waals surface area contributed by atoms with E-state index in [2.05, 4.69) is 20.0 Å². The lowest BCUT2D eigenvalue weighted by Crippen LogP contribution is -2.18. The van der Waals surface area contributed by atoms with Crippen molar-refractivity contribution in [3.05, 3.63) is 77.1 Å². The van der Waals surface area contributed by atoms with Gasteiger partial charge in [-0.1, -0.05) is 29.8 Å². The molecule has 8 heteroatoms. The number of nitrogens with zero attached hydrogens (tertiary/aromatic N) is 3. The zero-order chi connectivity index (χ0) is 20.1. The van der Waals surface area contributed by atoms with Gasteiger partial charge >= 0.3 is 5.97 Å². The van der Waals surface area contributed by atoms with Crippen LogP contribution in [0.5, 0.6) is 0 Å². The van der Waals surface area contributed by atoms with Crippen LogP contribution in [0, 0.1) is 0 Å². The molecule has 1 heterocycles. The van der Waals surface area contributed by atoms with E-state index in [0.29, 0.717) is 5.95 Å². The van der Waals surface area contributed by atoms with Crippen molar-refractivity contribution in [2.75, 3.05) is 24.4 Å². The van der Waals surface area contributed by atoms with Crippen molar-refractivity contribution in [1.29, 1.82) is 0 Å². The number of amides is 1. The summed E-state index contributed by atoms with van der Waals surface area (Å²) < 4.78 is 4.68. The van der Waals surface area contributed by atoms with Crippen LogP contribution in [-0.4, -0.2) is 36.0 Å². The van der Waals surface area contributed by atoms with Gasteiger partial charge in [0.1, 0.15) is 5.69 Å². The van der Waals surface area contributed by atoms with Crippen LogP contribution >= 0.6 is 11.6 Å². The second-order valence-corrected chi connectivity index (χ2v) is 6.18. The van der Waals surface area contributed by atoms with Crippen LogP contribution in [0.15, 0.2) is 60.8 Å². The van der Waals surface area contributed by atoms with Gasteiger partial charge < -0.3 is 15.0 Å². The van der Waals surface area contributed by atoms with Gasteiger partial charge in [0, 0.05) is 18.9 Å². The first-order valence-corrected chi connectivity index (χ1v) is 8.68. The standard InChI is InChI=1S/C20H17ClN4O3/c1-25(14-6-4-3-5-7-14)20-22-11-10-16(24-20)18(26)23-17-12-13(19(27)28-2)8-9-15(17)21/h3-12H,1-2H3,(H,23,26). The highest BCUT2D eigenvalue weighted by Gasteiger charge is 2.15. The average Bonchev–Trinajstić information content (AvgIpc) is 2.74. The van der Waals surface area contributed by atoms with Crippen molar-refractivity contribution in [1.82, 2.24) is 9.97 Å². The first-order valence-electron chi connectivity index (χ1n) is 8.30. The van der Waals surface area contributed by atoms with E-state index in [4.69, 9.17) is 11.6 Å². The van der Waals surface area contributed by atoms with Gasteiger partial charge in [-0.2, -0.15) is 0 Å². The smallest absolute Gasteiger partial charge is 0.337 e. The Labute approximate surface area is 166 Å². The molecule has 0 saturated heterocycles. The van der Waals surface area contributed by atoms with Gasteiger partial charge in [-0.05, 0) is 36.4 Å². The number of benzene rings is 2. The number of anilines is 3. The maximum atomic E-state index is 12.6. The SMILES string of the molecule is COC(=O)c1ccc(Cl)c(NC(=O)c2ccnc(N(C)c3ccccc3)n2)c1. The minimum atomic E-state index is -0.527. The van der Waals surface area contributed by atoms with E-state index in [1.807, 2.05) is 37.4 Å². The minimum absolute atomic E-state index is 0.160. The lowest BCUT2D eigenvalue weighted by atomic mass is 10.2. The van der Waals surface area contributed by atoms with Gasteiger partial charge in [0.2, 0.25) is 5.95 Å². The molecular weight excluding hydrogens is 380 g/mol. The first kappa shape index (κ1) is 19.3. The molecule has 3 rings (SSSR count). The number of methoxy groups -OCH3 is 1. The Morgan fingerprint density at radius 1 is 1.11 bits per heavy atom. The Hall–Kier alpha value is -3.45. The van der Waals surface area contributed by atoms with Gasteiger partial charge in [0.15, 0.2) is 0 Å². The molecule has 0 aliphatic rings. The first-order chi connectivity index (χ1) is 13.5. The van der Waals surface area contributed by atoms with Crippen LogP contribution in [-0.2, 0) is 4.74 Å². The van der Waals surface area contributed by atoms with Crippen molar-refractivity contribution in [2.45, 2.75) is 0 Å². The Bertz CT molecular complexity index is 1010. The van der Waals surface area contributed by atoms with E-state index in [1.54, 1.807) is 4.90 Å². The Morgan fingerprint density at radius 2 is 1.86 bits per heavy atom. The molecule has 0 spiro atoms. The van der Waals surface area contributed by atoms with Gasteiger partial charge in [-0.15, -0.1) is 0 Å². The van der Waals surface area contributed by atoms with Crippen molar-refractivity contribution in [2.24, 2.45) is 0 Å². The number of aromatic nitrogens is 2. The summed E-state index contributed by atoms with van der Waals surface area (Å²) in [4.78, 5) is 34.6. The van der Waals surface area contributed by atoms with E-state index in [9.17, 15) is 9.59 Å². The molecule has 0 aliphatic carbocycles. The van der Waals surface area contributed by atoms with Crippen LogP contribution in [0.3, 0.4) is 0 Å². The van der Waals surface area contributed by atoms with Gasteiger partial charge in [-0.25, -0.2) is 14.8 Å². The summed E-state index contributed by atoms with van der Waals surface area (Å²) in [6.07, 6.45) is 1.50. The van der Waals surface area contributed by atoms with Crippen molar-refractivity contribution >= 4 is 40.8 Å². The summed E-state index contributed by atoms with van der Waals surface area (Å²) in [5.41, 5.74) is 1.60. The number of carbonyl (C=O) groups is 2. The van der Waals surface area contributed by atoms with Crippen molar-refractivity contribution in [3.8, 4) is 0 Å². The third-order valence-corrected chi connectivity index (χ3v) is 4.28. The van der Waals surface area contributed by atoms with E-state index < -0.39 is 11.9 Å². The summed E-state index contributed by atoms with van der Waals surface area (Å²) in [7, 11) is 3.09. The zero-order valence-electron chi connectivity index (χ0n) is 15.2. The lowest BCUT2D eigenvalue weighted by molar-refractivity contribution is 0.0600. The molecule has 3 aromatic rings. The molecule has 1 aromatic heterocycles. The molecule has 1 N–H and O–H groups in total. The largest absolute Gasteiger partial charge is 0.465 e. The highest BCUT2D eigenvalue weighted by molar-refractivity contribution is 6.34. The van der Waals surface area contributed by atoms with Crippen molar-refractivity contribution in [3.63, 3.8) is 0 Å². The molecule has 7 nitrogen and oxygen atoms in total. The number of para-hydroxylation sites is 1. The summed E-state index contributed by atoms with van der Waals surface area (Å²) >= 11 is 6.13. The van der Waals surface area contributed by atoms with Crippen LogP contribution in [0.2, 0.25) is 5.02 Å². The molecule has 0 bridgehead atoms. The van der Waals surface area contributed by atoms with Crippen LogP contribution < -0.4 is 10.2 Å². The maximum Gasteiger partial charge on any atom is 0.337 e. The van der Waals surface area contributed by atoms with Gasteiger partial charge in [0.05, 0.1) is 23.4 Å². The Kier molecular flexibility index (Phi) is 5.86. The molecule has 1 amide bonds. The van der Waals surface area contributed by atoms with E-state index in [0.717, 1.165) is 5.69 Å². The van der Waals surface area contributed by atoms with Gasteiger partial charge in [0.25, 0.3) is 5.91 Å². The molecule has 28 heavy (non-hydrogen) atoms. The van der Waals surface area contributed by atoms with Crippen LogP contribution in [0.4, 0.5) is 17.3 Å². The van der Waals surface area contributed by atoms with Crippen molar-refractivity contribution < 1.29 is 14.3 Å². The second-order valence-electron chi connectivity index (χ2n) is 5.78. The minimum Gasteiger partial charge on any atom is -0.465 e. The van der Waals surface area contributed by atoms with Gasteiger partial charge in [-0.3, -0.25) is 4.79 Å². The molecule has 0 atom stereocenters. The molecule has 0 unspecified atom stereocenters. The van der Waals surface area contributed by atoms with E-state index in [1.165, 1.54) is 37.6 Å². The number of hydrogen-bond acceptors (Lipinski definition) is 6. The number of nitrogens with one attached hydrogen (secondary N) is 1.